The highest BCUT2D eigenvalue weighted by Gasteiger charge is 2.23. The lowest BCUT2D eigenvalue weighted by atomic mass is 10.3. The predicted octanol–water partition coefficient (Wildman–Crippen LogP) is 2.07. The normalized spacial score (nSPS) is 19.5. The number of amides is 2. The van der Waals surface area contributed by atoms with E-state index in [1.54, 1.807) is 23.3 Å². The monoisotopic (exact) mass is 348 g/mol. The van der Waals surface area contributed by atoms with Crippen molar-refractivity contribution in [1.29, 1.82) is 0 Å². The first-order chi connectivity index (χ1) is 9.19. The molecule has 7 heteroatoms. The number of nitrogens with one attached hydrogen (secondary N) is 1. The van der Waals surface area contributed by atoms with Crippen LogP contribution in [0.2, 0.25) is 0 Å². The third-order valence-corrected chi connectivity index (χ3v) is 4.44. The van der Waals surface area contributed by atoms with Crippen molar-refractivity contribution in [3.8, 4) is 0 Å². The molecule has 1 aliphatic heterocycles. The summed E-state index contributed by atoms with van der Waals surface area (Å²) in [6, 6.07) is 3.94. The van der Waals surface area contributed by atoms with E-state index < -0.39 is 0 Å². The molecule has 1 atom stereocenters. The summed E-state index contributed by atoms with van der Waals surface area (Å²) in [6.45, 7) is 2.84. The maximum atomic E-state index is 12.0. The standard InChI is InChI=1S/C12H17BrN2O3S/c1-17-8-9-7-15(4-5-18-9)12(16)14-6-10-2-3-11(13)19-10/h2-3,9H,4-8H2,1H3,(H,14,16)/t9-/m1/s1. The van der Waals surface area contributed by atoms with Crippen molar-refractivity contribution in [3.63, 3.8) is 0 Å². The Hall–Kier alpha value is -0.630. The molecule has 0 aromatic carbocycles. The maximum Gasteiger partial charge on any atom is 0.317 e. The molecule has 1 aliphatic rings. The number of morpholine rings is 1. The van der Waals surface area contributed by atoms with Gasteiger partial charge in [-0.2, -0.15) is 0 Å². The number of nitrogens with zero attached hydrogens (tertiary/aromatic N) is 1. The first-order valence-electron chi connectivity index (χ1n) is 6.06. The molecule has 0 radical (unpaired) electrons. The molecule has 0 saturated carbocycles. The van der Waals surface area contributed by atoms with E-state index in [0.29, 0.717) is 32.8 Å². The minimum atomic E-state index is -0.0473. The van der Waals surface area contributed by atoms with Gasteiger partial charge in [-0.25, -0.2) is 4.79 Å². The van der Waals surface area contributed by atoms with E-state index in [-0.39, 0.29) is 12.1 Å². The molecular weight excluding hydrogens is 332 g/mol. The van der Waals surface area contributed by atoms with Gasteiger partial charge in [0.15, 0.2) is 0 Å². The Balaban J connectivity index is 1.79. The van der Waals surface area contributed by atoms with Crippen molar-refractivity contribution in [2.75, 3.05) is 33.4 Å². The van der Waals surface area contributed by atoms with Gasteiger partial charge in [0.2, 0.25) is 0 Å². The first kappa shape index (κ1) is 14.8. The summed E-state index contributed by atoms with van der Waals surface area (Å²) in [5, 5.41) is 2.92. The van der Waals surface area contributed by atoms with Gasteiger partial charge in [-0.05, 0) is 28.1 Å². The molecule has 0 unspecified atom stereocenters. The summed E-state index contributed by atoms with van der Waals surface area (Å²) >= 11 is 5.03. The molecule has 1 fully saturated rings. The fourth-order valence-corrected chi connectivity index (χ4v) is 3.33. The molecule has 5 nitrogen and oxygen atoms in total. The van der Waals surface area contributed by atoms with Crippen LogP contribution in [0.4, 0.5) is 4.79 Å². The molecule has 0 aliphatic carbocycles. The highest BCUT2D eigenvalue weighted by molar-refractivity contribution is 9.11. The van der Waals surface area contributed by atoms with Crippen LogP contribution in [0.3, 0.4) is 0 Å². The summed E-state index contributed by atoms with van der Waals surface area (Å²) in [5.41, 5.74) is 0. The largest absolute Gasteiger partial charge is 0.382 e. The number of urea groups is 1. The smallest absolute Gasteiger partial charge is 0.317 e. The third kappa shape index (κ3) is 4.45. The molecule has 2 rings (SSSR count). The lowest BCUT2D eigenvalue weighted by Crippen LogP contribution is -2.50. The molecule has 2 heterocycles. The summed E-state index contributed by atoms with van der Waals surface area (Å²) in [5.74, 6) is 0. The van der Waals surface area contributed by atoms with Gasteiger partial charge in [0.1, 0.15) is 0 Å². The Morgan fingerprint density at radius 1 is 1.68 bits per heavy atom. The van der Waals surface area contributed by atoms with Crippen molar-refractivity contribution >= 4 is 33.3 Å². The van der Waals surface area contributed by atoms with Crippen molar-refractivity contribution in [3.05, 3.63) is 20.8 Å². The van der Waals surface area contributed by atoms with Crippen molar-refractivity contribution in [1.82, 2.24) is 10.2 Å². The number of rotatable bonds is 4. The number of ether oxygens (including phenoxy) is 2. The number of carbonyl (C=O) groups excluding carboxylic acids is 1. The topological polar surface area (TPSA) is 50.8 Å². The quantitative estimate of drug-likeness (QED) is 0.906. The van der Waals surface area contributed by atoms with E-state index in [9.17, 15) is 4.79 Å². The van der Waals surface area contributed by atoms with Gasteiger partial charge >= 0.3 is 6.03 Å². The maximum absolute atomic E-state index is 12.0. The zero-order valence-corrected chi connectivity index (χ0v) is 13.1. The number of carbonyl (C=O) groups is 1. The number of halogens is 1. The van der Waals surface area contributed by atoms with Gasteiger partial charge < -0.3 is 19.7 Å². The van der Waals surface area contributed by atoms with Gasteiger partial charge in [0.25, 0.3) is 0 Å². The Labute approximate surface area is 125 Å². The van der Waals surface area contributed by atoms with Crippen LogP contribution >= 0.6 is 27.3 Å². The zero-order chi connectivity index (χ0) is 13.7. The zero-order valence-electron chi connectivity index (χ0n) is 10.7. The molecule has 0 spiro atoms. The number of hydrogen-bond donors (Lipinski definition) is 1. The minimum Gasteiger partial charge on any atom is -0.382 e. The molecule has 2 amide bonds. The van der Waals surface area contributed by atoms with E-state index in [2.05, 4.69) is 21.2 Å². The van der Waals surface area contributed by atoms with Crippen LogP contribution in [0.15, 0.2) is 15.9 Å². The Morgan fingerprint density at radius 2 is 2.53 bits per heavy atom. The third-order valence-electron chi connectivity index (χ3n) is 2.82. The molecule has 1 N–H and O–H groups in total. The van der Waals surface area contributed by atoms with Crippen LogP contribution in [-0.4, -0.2) is 50.4 Å². The van der Waals surface area contributed by atoms with Crippen molar-refractivity contribution < 1.29 is 14.3 Å². The summed E-state index contributed by atoms with van der Waals surface area (Å²) in [7, 11) is 1.64. The van der Waals surface area contributed by atoms with Gasteiger partial charge in [-0.15, -0.1) is 11.3 Å². The van der Waals surface area contributed by atoms with Gasteiger partial charge in [-0.1, -0.05) is 0 Å². The van der Waals surface area contributed by atoms with E-state index >= 15 is 0 Å². The van der Waals surface area contributed by atoms with Gasteiger partial charge in [0.05, 0.1) is 36.2 Å². The average Bonchev–Trinajstić information content (AvgIpc) is 2.82. The van der Waals surface area contributed by atoms with Crippen LogP contribution in [0, 0.1) is 0 Å². The first-order valence-corrected chi connectivity index (χ1v) is 7.67. The van der Waals surface area contributed by atoms with Crippen LogP contribution < -0.4 is 5.32 Å². The lowest BCUT2D eigenvalue weighted by molar-refractivity contribution is -0.0494. The highest BCUT2D eigenvalue weighted by atomic mass is 79.9. The fourth-order valence-electron chi connectivity index (χ4n) is 1.91. The van der Waals surface area contributed by atoms with Crippen LogP contribution in [-0.2, 0) is 16.0 Å². The molecule has 1 aromatic rings. The molecule has 1 aromatic heterocycles. The molecule has 19 heavy (non-hydrogen) atoms. The number of methoxy groups -OCH3 is 1. The molecule has 106 valence electrons. The van der Waals surface area contributed by atoms with Crippen LogP contribution in [0.1, 0.15) is 4.88 Å². The summed E-state index contributed by atoms with van der Waals surface area (Å²) in [4.78, 5) is 14.9. The van der Waals surface area contributed by atoms with Crippen molar-refractivity contribution in [2.24, 2.45) is 0 Å². The molecule has 1 saturated heterocycles. The second-order valence-corrected chi connectivity index (χ2v) is 6.81. The van der Waals surface area contributed by atoms with E-state index in [4.69, 9.17) is 9.47 Å². The van der Waals surface area contributed by atoms with E-state index in [1.807, 2.05) is 12.1 Å². The Morgan fingerprint density at radius 3 is 3.21 bits per heavy atom. The number of hydrogen-bond acceptors (Lipinski definition) is 4. The Kier molecular flexibility index (Phi) is 5.62. The SMILES string of the molecule is COC[C@H]1CN(C(=O)NCc2ccc(Br)s2)CCO1. The minimum absolute atomic E-state index is 0.0274. The van der Waals surface area contributed by atoms with Gasteiger partial charge in [0, 0.05) is 18.5 Å². The number of thiophene rings is 1. The molecular formula is C12H17BrN2O3S. The second kappa shape index (κ2) is 7.23. The van der Waals surface area contributed by atoms with Crippen molar-refractivity contribution in [2.45, 2.75) is 12.6 Å². The average molecular weight is 349 g/mol. The van der Waals surface area contributed by atoms with E-state index in [0.717, 1.165) is 8.66 Å². The summed E-state index contributed by atoms with van der Waals surface area (Å²) < 4.78 is 11.6. The van der Waals surface area contributed by atoms with Crippen LogP contribution in [0.5, 0.6) is 0 Å². The Bertz CT molecular complexity index is 425. The van der Waals surface area contributed by atoms with Gasteiger partial charge in [-0.3, -0.25) is 0 Å². The second-order valence-electron chi connectivity index (χ2n) is 4.26. The predicted molar refractivity (Wildman–Crippen MR) is 77.4 cm³/mol. The highest BCUT2D eigenvalue weighted by Crippen LogP contribution is 2.21. The lowest BCUT2D eigenvalue weighted by Gasteiger charge is -2.32. The fraction of sp³-hybridized carbons (Fsp3) is 0.583. The van der Waals surface area contributed by atoms with E-state index in [1.165, 1.54) is 0 Å². The molecule has 0 bridgehead atoms. The van der Waals surface area contributed by atoms with Crippen LogP contribution in [0.25, 0.3) is 0 Å². The summed E-state index contributed by atoms with van der Waals surface area (Å²) in [6.07, 6.45) is -0.0274.